The van der Waals surface area contributed by atoms with Crippen molar-refractivity contribution in [3.63, 3.8) is 0 Å². The summed E-state index contributed by atoms with van der Waals surface area (Å²) < 4.78 is 20.3. The molecule has 2 amide bonds. The molecule has 5 rings (SSSR count). The van der Waals surface area contributed by atoms with Gasteiger partial charge in [0.1, 0.15) is 11.9 Å². The molecule has 0 spiro atoms. The van der Waals surface area contributed by atoms with E-state index < -0.39 is 18.0 Å². The number of tetrazole rings is 1. The number of cyclic esters (lactones) is 1. The third-order valence-corrected chi connectivity index (χ3v) is 6.18. The van der Waals surface area contributed by atoms with Crippen LogP contribution in [0.25, 0.3) is 11.4 Å². The third kappa shape index (κ3) is 4.91. The summed E-state index contributed by atoms with van der Waals surface area (Å²) in [5, 5.41) is 15.5. The van der Waals surface area contributed by atoms with Crippen molar-refractivity contribution >= 4 is 23.4 Å². The van der Waals surface area contributed by atoms with Crippen LogP contribution in [0.5, 0.6) is 0 Å². The van der Waals surface area contributed by atoms with Gasteiger partial charge in [0.15, 0.2) is 0 Å². The molecule has 1 atom stereocenters. The van der Waals surface area contributed by atoms with Gasteiger partial charge in [0, 0.05) is 38.0 Å². The average Bonchev–Trinajstić information content (AvgIpc) is 3.50. The molecule has 1 unspecified atom stereocenters. The lowest BCUT2D eigenvalue weighted by Crippen LogP contribution is -2.36. The lowest BCUT2D eigenvalue weighted by molar-refractivity contribution is -0.119. The van der Waals surface area contributed by atoms with Crippen molar-refractivity contribution < 1.29 is 18.7 Å². The summed E-state index contributed by atoms with van der Waals surface area (Å²) in [5.74, 6) is -0.0778. The summed E-state index contributed by atoms with van der Waals surface area (Å²) in [4.78, 5) is 32.4. The maximum absolute atomic E-state index is 15.1. The van der Waals surface area contributed by atoms with Gasteiger partial charge in [-0.05, 0) is 48.4 Å². The van der Waals surface area contributed by atoms with E-state index in [1.54, 1.807) is 29.3 Å². The van der Waals surface area contributed by atoms with E-state index in [4.69, 9.17) is 4.74 Å². The van der Waals surface area contributed by atoms with E-state index in [1.165, 1.54) is 17.9 Å². The zero-order valence-electron chi connectivity index (χ0n) is 19.2. The Hall–Kier alpha value is -4.09. The summed E-state index contributed by atoms with van der Waals surface area (Å²) in [6.07, 6.45) is 3.84. The Labute approximate surface area is 200 Å². The molecular weight excluding hydrogens is 455 g/mol. The molecule has 11 nitrogen and oxygen atoms in total. The molecule has 3 aromatic rings. The molecule has 1 aromatic carbocycles. The van der Waals surface area contributed by atoms with E-state index in [9.17, 15) is 9.59 Å². The Kier molecular flexibility index (Phi) is 6.25. The number of hydrogen-bond donors (Lipinski definition) is 1. The standard InChI is InChI=1S/C23H25FN8O3/c1-15(33)26-13-19-14-31(23(34)35-19)18-4-5-21(20(24)11-18)30-9-6-17(7-10-30)32-28-22(27-29-32)16-3-2-8-25-12-16/h2-5,8,11-12,17,19H,6-7,9-10,13-14H2,1H3,(H,26,33). The SMILES string of the molecule is CC(=O)NCC1CN(c2ccc(N3CCC(n4nnc(-c5cccnc5)n4)CC3)c(F)c2)C(=O)O1. The molecule has 2 aliphatic rings. The highest BCUT2D eigenvalue weighted by molar-refractivity contribution is 5.90. The minimum absolute atomic E-state index is 0.0754. The quantitative estimate of drug-likeness (QED) is 0.570. The number of halogens is 1. The van der Waals surface area contributed by atoms with E-state index >= 15 is 4.39 Å². The number of carbonyl (C=O) groups excluding carboxylic acids is 2. The monoisotopic (exact) mass is 480 g/mol. The molecule has 2 fully saturated rings. The van der Waals surface area contributed by atoms with E-state index in [1.807, 2.05) is 17.0 Å². The topological polar surface area (TPSA) is 118 Å². The molecular formula is C23H25FN8O3. The van der Waals surface area contributed by atoms with Crippen molar-refractivity contribution in [3.8, 4) is 11.4 Å². The second-order valence-corrected chi connectivity index (χ2v) is 8.58. The lowest BCUT2D eigenvalue weighted by Gasteiger charge is -2.33. The minimum Gasteiger partial charge on any atom is -0.442 e. The summed E-state index contributed by atoms with van der Waals surface area (Å²) in [5.41, 5.74) is 1.71. The van der Waals surface area contributed by atoms with Gasteiger partial charge in [-0.3, -0.25) is 14.7 Å². The number of nitrogens with zero attached hydrogens (tertiary/aromatic N) is 7. The van der Waals surface area contributed by atoms with Crippen LogP contribution in [0.15, 0.2) is 42.7 Å². The van der Waals surface area contributed by atoms with Crippen LogP contribution in [0.2, 0.25) is 0 Å². The van der Waals surface area contributed by atoms with Crippen LogP contribution < -0.4 is 15.1 Å². The van der Waals surface area contributed by atoms with Crippen LogP contribution in [-0.2, 0) is 9.53 Å². The molecule has 0 aliphatic carbocycles. The van der Waals surface area contributed by atoms with Gasteiger partial charge in [-0.2, -0.15) is 4.80 Å². The van der Waals surface area contributed by atoms with Crippen molar-refractivity contribution in [1.29, 1.82) is 0 Å². The minimum atomic E-state index is -0.556. The Morgan fingerprint density at radius 3 is 2.80 bits per heavy atom. The highest BCUT2D eigenvalue weighted by atomic mass is 19.1. The number of pyridine rings is 1. The van der Waals surface area contributed by atoms with Crippen LogP contribution >= 0.6 is 0 Å². The molecule has 2 saturated heterocycles. The third-order valence-electron chi connectivity index (χ3n) is 6.18. The summed E-state index contributed by atoms with van der Waals surface area (Å²) in [7, 11) is 0. The van der Waals surface area contributed by atoms with E-state index in [-0.39, 0.29) is 25.0 Å². The fourth-order valence-electron chi connectivity index (χ4n) is 4.34. The first-order valence-corrected chi connectivity index (χ1v) is 11.4. The molecule has 35 heavy (non-hydrogen) atoms. The summed E-state index contributed by atoms with van der Waals surface area (Å²) in [6, 6.07) is 8.54. The normalized spacial score (nSPS) is 18.6. The zero-order valence-corrected chi connectivity index (χ0v) is 19.2. The summed E-state index contributed by atoms with van der Waals surface area (Å²) >= 11 is 0. The number of rotatable bonds is 6. The molecule has 0 radical (unpaired) electrons. The first-order chi connectivity index (χ1) is 17.0. The van der Waals surface area contributed by atoms with Gasteiger partial charge < -0.3 is 15.0 Å². The van der Waals surface area contributed by atoms with Gasteiger partial charge in [-0.15, -0.1) is 10.2 Å². The molecule has 1 N–H and O–H groups in total. The maximum Gasteiger partial charge on any atom is 0.414 e. The molecule has 0 saturated carbocycles. The number of hydrogen-bond acceptors (Lipinski definition) is 8. The van der Waals surface area contributed by atoms with Gasteiger partial charge in [0.2, 0.25) is 11.7 Å². The Bertz CT molecular complexity index is 1210. The molecule has 2 aliphatic heterocycles. The van der Waals surface area contributed by atoms with Crippen LogP contribution in [0.4, 0.5) is 20.6 Å². The van der Waals surface area contributed by atoms with Crippen LogP contribution in [-0.4, -0.2) is 69.5 Å². The highest BCUT2D eigenvalue weighted by Gasteiger charge is 2.33. The fourth-order valence-corrected chi connectivity index (χ4v) is 4.34. The zero-order chi connectivity index (χ0) is 24.4. The number of amides is 2. The fraction of sp³-hybridized carbons (Fsp3) is 0.391. The predicted octanol–water partition coefficient (Wildman–Crippen LogP) is 2.18. The number of piperidine rings is 1. The summed E-state index contributed by atoms with van der Waals surface area (Å²) in [6.45, 7) is 3.13. The Morgan fingerprint density at radius 1 is 1.26 bits per heavy atom. The number of carbonyl (C=O) groups is 2. The van der Waals surface area contributed by atoms with Crippen molar-refractivity contribution in [1.82, 2.24) is 30.5 Å². The molecule has 0 bridgehead atoms. The van der Waals surface area contributed by atoms with Crippen LogP contribution in [0, 0.1) is 5.82 Å². The molecule has 2 aromatic heterocycles. The molecule has 4 heterocycles. The number of aromatic nitrogens is 5. The number of ether oxygens (including phenoxy) is 1. The smallest absolute Gasteiger partial charge is 0.414 e. The van der Waals surface area contributed by atoms with Crippen molar-refractivity contribution in [2.24, 2.45) is 0 Å². The van der Waals surface area contributed by atoms with Crippen molar-refractivity contribution in [3.05, 3.63) is 48.5 Å². The van der Waals surface area contributed by atoms with E-state index in [2.05, 4.69) is 25.7 Å². The van der Waals surface area contributed by atoms with Gasteiger partial charge in [0.05, 0.1) is 30.5 Å². The lowest BCUT2D eigenvalue weighted by atomic mass is 10.0. The predicted molar refractivity (Wildman–Crippen MR) is 124 cm³/mol. The first-order valence-electron chi connectivity index (χ1n) is 11.4. The van der Waals surface area contributed by atoms with Gasteiger partial charge in [-0.25, -0.2) is 9.18 Å². The van der Waals surface area contributed by atoms with Gasteiger partial charge in [-0.1, -0.05) is 0 Å². The number of nitrogens with one attached hydrogen (secondary N) is 1. The largest absolute Gasteiger partial charge is 0.442 e. The number of benzene rings is 1. The first kappa shape index (κ1) is 22.7. The van der Waals surface area contributed by atoms with E-state index in [0.29, 0.717) is 30.3 Å². The van der Waals surface area contributed by atoms with Crippen LogP contribution in [0.3, 0.4) is 0 Å². The van der Waals surface area contributed by atoms with E-state index in [0.717, 1.165) is 18.4 Å². The van der Waals surface area contributed by atoms with Gasteiger partial charge >= 0.3 is 6.09 Å². The Balaban J connectivity index is 1.20. The molecule has 182 valence electrons. The van der Waals surface area contributed by atoms with Crippen molar-refractivity contribution in [2.45, 2.75) is 31.9 Å². The van der Waals surface area contributed by atoms with Gasteiger partial charge in [0.25, 0.3) is 0 Å². The second kappa shape index (κ2) is 9.65. The number of anilines is 2. The second-order valence-electron chi connectivity index (χ2n) is 8.58. The average molecular weight is 481 g/mol. The Morgan fingerprint density at radius 2 is 2.09 bits per heavy atom. The highest BCUT2D eigenvalue weighted by Crippen LogP contribution is 2.31. The van der Waals surface area contributed by atoms with Crippen LogP contribution in [0.1, 0.15) is 25.8 Å². The molecule has 12 heteroatoms. The van der Waals surface area contributed by atoms with Crippen molar-refractivity contribution in [2.75, 3.05) is 36.0 Å². The maximum atomic E-state index is 15.1.